The predicted molar refractivity (Wildman–Crippen MR) is 96.4 cm³/mol. The average Bonchev–Trinajstić information content (AvgIpc) is 2.97. The van der Waals surface area contributed by atoms with Crippen molar-refractivity contribution in [2.24, 2.45) is 5.73 Å². The number of carbonyl (C=O) groups excluding carboxylic acids is 2. The topological polar surface area (TPSA) is 91.5 Å². The van der Waals surface area contributed by atoms with Gasteiger partial charge < -0.3 is 15.2 Å². The Balaban J connectivity index is 2.47. The number of hydrogen-bond acceptors (Lipinski definition) is 7. The highest BCUT2D eigenvalue weighted by atomic mass is 32.1. The van der Waals surface area contributed by atoms with Crippen molar-refractivity contribution in [2.45, 2.75) is 39.3 Å². The van der Waals surface area contributed by atoms with Gasteiger partial charge in [-0.15, -0.1) is 11.3 Å². The second-order valence-corrected chi connectivity index (χ2v) is 7.58. The number of rotatable bonds is 4. The van der Waals surface area contributed by atoms with Crippen molar-refractivity contribution < 1.29 is 19.1 Å². The van der Waals surface area contributed by atoms with E-state index in [2.05, 4.69) is 4.98 Å². The summed E-state index contributed by atoms with van der Waals surface area (Å²) < 4.78 is 10.1. The van der Waals surface area contributed by atoms with Crippen LogP contribution >= 0.6 is 11.3 Å². The minimum atomic E-state index is -1.06. The van der Waals surface area contributed by atoms with E-state index in [4.69, 9.17) is 15.2 Å². The molecule has 2 rings (SSSR count). The Morgan fingerprint density at radius 3 is 2.44 bits per heavy atom. The molecular formula is C18H22N2O4S. The molecule has 1 heterocycles. The van der Waals surface area contributed by atoms with Crippen LogP contribution in [0.1, 0.15) is 47.9 Å². The number of aryl methyl sites for hydroxylation is 1. The van der Waals surface area contributed by atoms with E-state index in [1.807, 2.05) is 31.2 Å². The molecule has 1 aromatic heterocycles. The Morgan fingerprint density at radius 2 is 1.88 bits per heavy atom. The number of methoxy groups -OCH3 is 1. The molecule has 0 saturated heterocycles. The van der Waals surface area contributed by atoms with Crippen LogP contribution in [0.25, 0.3) is 10.4 Å². The van der Waals surface area contributed by atoms with Gasteiger partial charge in [-0.1, -0.05) is 24.3 Å². The van der Waals surface area contributed by atoms with E-state index in [1.165, 1.54) is 18.4 Å². The smallest absolute Gasteiger partial charge is 0.358 e. The fourth-order valence-electron chi connectivity index (χ4n) is 2.18. The molecule has 2 N–H and O–H groups in total. The number of hydrogen-bond donors (Lipinski definition) is 1. The van der Waals surface area contributed by atoms with Gasteiger partial charge in [0.05, 0.1) is 12.0 Å². The van der Waals surface area contributed by atoms with Gasteiger partial charge in [0, 0.05) is 0 Å². The van der Waals surface area contributed by atoms with E-state index in [-0.39, 0.29) is 5.69 Å². The molecular weight excluding hydrogens is 340 g/mol. The molecule has 6 nitrogen and oxygen atoms in total. The monoisotopic (exact) mass is 362 g/mol. The van der Waals surface area contributed by atoms with Gasteiger partial charge >= 0.3 is 11.9 Å². The third kappa shape index (κ3) is 4.43. The minimum Gasteiger partial charge on any atom is -0.464 e. The zero-order valence-electron chi connectivity index (χ0n) is 15.0. The van der Waals surface area contributed by atoms with E-state index >= 15 is 0 Å². The molecule has 0 fully saturated rings. The number of esters is 2. The summed E-state index contributed by atoms with van der Waals surface area (Å²) in [5, 5.41) is 0.313. The molecule has 2 aromatic rings. The maximum absolute atomic E-state index is 12.2. The number of thiazole rings is 1. The molecule has 0 amide bonds. The molecule has 0 saturated carbocycles. The number of nitrogens with zero attached hydrogens (tertiary/aromatic N) is 1. The number of ether oxygens (including phenoxy) is 2. The third-order valence-corrected chi connectivity index (χ3v) is 4.51. The van der Waals surface area contributed by atoms with Crippen LogP contribution in [-0.4, -0.2) is 29.6 Å². The van der Waals surface area contributed by atoms with Gasteiger partial charge in [-0.05, 0) is 38.8 Å². The zero-order chi connectivity index (χ0) is 18.8. The minimum absolute atomic E-state index is 0.149. The van der Waals surface area contributed by atoms with Gasteiger partial charge in [0.1, 0.15) is 10.6 Å². The lowest BCUT2D eigenvalue weighted by Gasteiger charge is -2.21. The standard InChI is InChI=1S/C18H22N2O4S/c1-10-8-6-7-9-11(10)14-13(17(22)23-5)20-15(25-14)12(19)16(21)24-18(2,3)4/h6-9,12H,19H2,1-5H3. The van der Waals surface area contributed by atoms with E-state index in [0.717, 1.165) is 11.1 Å². The largest absolute Gasteiger partial charge is 0.464 e. The Bertz CT molecular complexity index is 793. The number of nitrogens with two attached hydrogens (primary N) is 1. The summed E-state index contributed by atoms with van der Waals surface area (Å²) in [6.07, 6.45) is 0. The lowest BCUT2D eigenvalue weighted by molar-refractivity contribution is -0.156. The van der Waals surface area contributed by atoms with Crippen molar-refractivity contribution in [1.82, 2.24) is 4.98 Å². The predicted octanol–water partition coefficient (Wildman–Crippen LogP) is 3.25. The van der Waals surface area contributed by atoms with Crippen LogP contribution in [0.3, 0.4) is 0 Å². The van der Waals surface area contributed by atoms with E-state index < -0.39 is 23.6 Å². The highest BCUT2D eigenvalue weighted by Gasteiger charge is 2.29. The maximum atomic E-state index is 12.2. The van der Waals surface area contributed by atoms with Crippen molar-refractivity contribution >= 4 is 23.3 Å². The number of benzene rings is 1. The van der Waals surface area contributed by atoms with E-state index in [0.29, 0.717) is 9.88 Å². The highest BCUT2D eigenvalue weighted by molar-refractivity contribution is 7.15. The summed E-state index contributed by atoms with van der Waals surface area (Å²) in [6.45, 7) is 7.22. The van der Waals surface area contributed by atoms with Gasteiger partial charge in [-0.2, -0.15) is 0 Å². The molecule has 1 aromatic carbocycles. The van der Waals surface area contributed by atoms with Crippen LogP contribution in [0.4, 0.5) is 0 Å². The molecule has 25 heavy (non-hydrogen) atoms. The summed E-state index contributed by atoms with van der Waals surface area (Å²) in [7, 11) is 1.29. The number of aromatic nitrogens is 1. The van der Waals surface area contributed by atoms with Crippen molar-refractivity contribution in [1.29, 1.82) is 0 Å². The first-order valence-electron chi connectivity index (χ1n) is 7.77. The first-order valence-corrected chi connectivity index (χ1v) is 8.59. The third-order valence-electron chi connectivity index (χ3n) is 3.34. The fraction of sp³-hybridized carbons (Fsp3) is 0.389. The van der Waals surface area contributed by atoms with E-state index in [9.17, 15) is 9.59 Å². The van der Waals surface area contributed by atoms with Crippen LogP contribution in [-0.2, 0) is 14.3 Å². The normalized spacial score (nSPS) is 12.6. The fourth-order valence-corrected chi connectivity index (χ4v) is 3.31. The molecule has 0 aliphatic carbocycles. The molecule has 0 aliphatic rings. The van der Waals surface area contributed by atoms with Crippen molar-refractivity contribution in [3.63, 3.8) is 0 Å². The second-order valence-electron chi connectivity index (χ2n) is 6.55. The van der Waals surface area contributed by atoms with Gasteiger partial charge in [-0.25, -0.2) is 14.6 Å². The molecule has 0 bridgehead atoms. The molecule has 0 spiro atoms. The van der Waals surface area contributed by atoms with Crippen molar-refractivity contribution in [3.8, 4) is 10.4 Å². The number of carbonyl (C=O) groups is 2. The summed E-state index contributed by atoms with van der Waals surface area (Å²) in [4.78, 5) is 29.2. The summed E-state index contributed by atoms with van der Waals surface area (Å²) in [6, 6.07) is 6.54. The first-order chi connectivity index (χ1) is 11.6. The molecule has 1 unspecified atom stereocenters. The highest BCUT2D eigenvalue weighted by Crippen LogP contribution is 2.35. The quantitative estimate of drug-likeness (QED) is 0.840. The van der Waals surface area contributed by atoms with Crippen molar-refractivity contribution in [3.05, 3.63) is 40.5 Å². The van der Waals surface area contributed by atoms with Crippen LogP contribution in [0.2, 0.25) is 0 Å². The van der Waals surface area contributed by atoms with Crippen LogP contribution in [0.5, 0.6) is 0 Å². The Morgan fingerprint density at radius 1 is 1.24 bits per heavy atom. The van der Waals surface area contributed by atoms with Gasteiger partial charge in [-0.3, -0.25) is 0 Å². The summed E-state index contributed by atoms with van der Waals surface area (Å²) >= 11 is 1.20. The van der Waals surface area contributed by atoms with Gasteiger partial charge in [0.15, 0.2) is 11.7 Å². The molecule has 0 radical (unpaired) electrons. The molecule has 1 atom stereocenters. The summed E-state index contributed by atoms with van der Waals surface area (Å²) in [5.41, 5.74) is 7.33. The first kappa shape index (κ1) is 19.1. The SMILES string of the molecule is COC(=O)c1nc(C(N)C(=O)OC(C)(C)C)sc1-c1ccccc1C. The lowest BCUT2D eigenvalue weighted by atomic mass is 10.1. The van der Waals surface area contributed by atoms with Crippen molar-refractivity contribution in [2.75, 3.05) is 7.11 Å². The second kappa shape index (κ2) is 7.33. The summed E-state index contributed by atoms with van der Waals surface area (Å²) in [5.74, 6) is -1.16. The molecule has 7 heteroatoms. The Kier molecular flexibility index (Phi) is 5.59. The molecule has 134 valence electrons. The van der Waals surface area contributed by atoms with Gasteiger partial charge in [0.25, 0.3) is 0 Å². The van der Waals surface area contributed by atoms with Crippen LogP contribution in [0.15, 0.2) is 24.3 Å². The Labute approximate surface area is 151 Å². The van der Waals surface area contributed by atoms with Crippen LogP contribution < -0.4 is 5.73 Å². The zero-order valence-corrected chi connectivity index (χ0v) is 15.8. The average molecular weight is 362 g/mol. The maximum Gasteiger partial charge on any atom is 0.358 e. The molecule has 0 aliphatic heterocycles. The Hall–Kier alpha value is -2.25. The van der Waals surface area contributed by atoms with E-state index in [1.54, 1.807) is 20.8 Å². The lowest BCUT2D eigenvalue weighted by Crippen LogP contribution is -2.31. The van der Waals surface area contributed by atoms with Crippen LogP contribution in [0, 0.1) is 6.92 Å². The van der Waals surface area contributed by atoms with Gasteiger partial charge in [0.2, 0.25) is 0 Å².